The molecule has 0 aliphatic carbocycles. The fourth-order valence-corrected chi connectivity index (χ4v) is 1.54. The van der Waals surface area contributed by atoms with E-state index in [1.54, 1.807) is 0 Å². The molecule has 1 heterocycles. The Bertz CT molecular complexity index is 556. The lowest BCUT2D eigenvalue weighted by Crippen LogP contribution is -2.08. The van der Waals surface area contributed by atoms with E-state index in [2.05, 4.69) is 0 Å². The standard InChI is InChI=1S/C10H5F4NO/c11-5-1-2-6-7(4-16)9(10(12,13)14)15-8(6)3-5/h1-4,15H. The summed E-state index contributed by atoms with van der Waals surface area (Å²) in [4.78, 5) is 12.6. The van der Waals surface area contributed by atoms with Gasteiger partial charge in [0.2, 0.25) is 0 Å². The number of carbonyl (C=O) groups is 1. The van der Waals surface area contributed by atoms with E-state index in [1.165, 1.54) is 0 Å². The number of hydrogen-bond donors (Lipinski definition) is 1. The number of carbonyl (C=O) groups excluding carboxylic acids is 1. The highest BCUT2D eigenvalue weighted by Crippen LogP contribution is 2.34. The van der Waals surface area contributed by atoms with Crippen molar-refractivity contribution in [2.75, 3.05) is 0 Å². The molecule has 0 fully saturated rings. The van der Waals surface area contributed by atoms with Crippen molar-refractivity contribution in [2.24, 2.45) is 0 Å². The molecule has 16 heavy (non-hydrogen) atoms. The number of fused-ring (bicyclic) bond motifs is 1. The van der Waals surface area contributed by atoms with Gasteiger partial charge < -0.3 is 4.98 Å². The summed E-state index contributed by atoms with van der Waals surface area (Å²) in [5.74, 6) is -0.667. The van der Waals surface area contributed by atoms with Gasteiger partial charge in [-0.1, -0.05) is 0 Å². The van der Waals surface area contributed by atoms with E-state index in [4.69, 9.17) is 0 Å². The van der Waals surface area contributed by atoms with Crippen LogP contribution in [-0.4, -0.2) is 11.3 Å². The molecule has 0 spiro atoms. The van der Waals surface area contributed by atoms with E-state index < -0.39 is 23.3 Å². The molecule has 1 aromatic carbocycles. The van der Waals surface area contributed by atoms with E-state index in [1.807, 2.05) is 4.98 Å². The maximum absolute atomic E-state index is 12.8. The Morgan fingerprint density at radius 2 is 1.94 bits per heavy atom. The minimum Gasteiger partial charge on any atom is -0.350 e. The van der Waals surface area contributed by atoms with Crippen LogP contribution in [0.3, 0.4) is 0 Å². The lowest BCUT2D eigenvalue weighted by molar-refractivity contribution is -0.140. The van der Waals surface area contributed by atoms with Crippen LogP contribution in [0.5, 0.6) is 0 Å². The fourth-order valence-electron chi connectivity index (χ4n) is 1.54. The first kappa shape index (κ1) is 10.7. The molecule has 2 nitrogen and oxygen atoms in total. The van der Waals surface area contributed by atoms with Crippen molar-refractivity contribution in [1.29, 1.82) is 0 Å². The van der Waals surface area contributed by atoms with Gasteiger partial charge in [-0.05, 0) is 18.2 Å². The average molecular weight is 231 g/mol. The summed E-state index contributed by atoms with van der Waals surface area (Å²) in [5, 5.41) is 0.0590. The van der Waals surface area contributed by atoms with E-state index in [0.29, 0.717) is 0 Å². The number of nitrogens with one attached hydrogen (secondary N) is 1. The summed E-state index contributed by atoms with van der Waals surface area (Å²) in [5.41, 5.74) is -1.69. The maximum Gasteiger partial charge on any atom is 0.431 e. The smallest absolute Gasteiger partial charge is 0.350 e. The molecule has 1 N–H and O–H groups in total. The average Bonchev–Trinajstić information content (AvgIpc) is 2.54. The van der Waals surface area contributed by atoms with Gasteiger partial charge >= 0.3 is 6.18 Å². The first-order chi connectivity index (χ1) is 7.43. The lowest BCUT2D eigenvalue weighted by atomic mass is 10.1. The van der Waals surface area contributed by atoms with Crippen molar-refractivity contribution in [3.05, 3.63) is 35.3 Å². The molecule has 0 radical (unpaired) electrons. The Balaban J connectivity index is 2.81. The third-order valence-electron chi connectivity index (χ3n) is 2.20. The van der Waals surface area contributed by atoms with Gasteiger partial charge in [0.05, 0.1) is 5.56 Å². The van der Waals surface area contributed by atoms with Crippen molar-refractivity contribution >= 4 is 17.2 Å². The molecule has 0 atom stereocenters. The van der Waals surface area contributed by atoms with Gasteiger partial charge in [0.25, 0.3) is 0 Å². The van der Waals surface area contributed by atoms with Crippen molar-refractivity contribution in [1.82, 2.24) is 4.98 Å². The number of aromatic nitrogens is 1. The molecule has 0 aliphatic rings. The minimum atomic E-state index is -4.66. The second-order valence-corrected chi connectivity index (χ2v) is 3.22. The van der Waals surface area contributed by atoms with E-state index in [-0.39, 0.29) is 17.2 Å². The molecule has 84 valence electrons. The van der Waals surface area contributed by atoms with Gasteiger partial charge in [-0.2, -0.15) is 13.2 Å². The van der Waals surface area contributed by atoms with Gasteiger partial charge in [-0.3, -0.25) is 4.79 Å². The van der Waals surface area contributed by atoms with Crippen LogP contribution in [0.2, 0.25) is 0 Å². The Labute approximate surface area is 86.9 Å². The monoisotopic (exact) mass is 231 g/mol. The van der Waals surface area contributed by atoms with Crippen LogP contribution in [-0.2, 0) is 6.18 Å². The van der Waals surface area contributed by atoms with Crippen molar-refractivity contribution in [2.45, 2.75) is 6.18 Å². The molecular formula is C10H5F4NO. The zero-order valence-corrected chi connectivity index (χ0v) is 7.73. The Hall–Kier alpha value is -1.85. The summed E-state index contributed by atoms with van der Waals surface area (Å²) < 4.78 is 50.3. The van der Waals surface area contributed by atoms with Crippen LogP contribution >= 0.6 is 0 Å². The molecule has 0 amide bonds. The topological polar surface area (TPSA) is 32.9 Å². The molecule has 0 unspecified atom stereocenters. The maximum atomic E-state index is 12.8. The van der Waals surface area contributed by atoms with Crippen LogP contribution in [0.25, 0.3) is 10.9 Å². The summed E-state index contributed by atoms with van der Waals surface area (Å²) in [6, 6.07) is 3.06. The number of alkyl halides is 3. The normalized spacial score (nSPS) is 12.0. The number of hydrogen-bond acceptors (Lipinski definition) is 1. The third-order valence-corrected chi connectivity index (χ3v) is 2.20. The Kier molecular flexibility index (Phi) is 2.22. The minimum absolute atomic E-state index is 0.0468. The Morgan fingerprint density at radius 3 is 2.50 bits per heavy atom. The van der Waals surface area contributed by atoms with Gasteiger partial charge in [0, 0.05) is 10.9 Å². The second kappa shape index (κ2) is 3.33. The SMILES string of the molecule is O=Cc1c(C(F)(F)F)[nH]c2cc(F)ccc12. The van der Waals surface area contributed by atoms with E-state index >= 15 is 0 Å². The van der Waals surface area contributed by atoms with Crippen LogP contribution < -0.4 is 0 Å². The van der Waals surface area contributed by atoms with Gasteiger partial charge in [-0.25, -0.2) is 4.39 Å². The summed E-state index contributed by atoms with van der Waals surface area (Å²) >= 11 is 0. The van der Waals surface area contributed by atoms with E-state index in [9.17, 15) is 22.4 Å². The van der Waals surface area contributed by atoms with Gasteiger partial charge in [-0.15, -0.1) is 0 Å². The van der Waals surface area contributed by atoms with Crippen LogP contribution in [0.15, 0.2) is 18.2 Å². The predicted molar refractivity (Wildman–Crippen MR) is 48.6 cm³/mol. The Morgan fingerprint density at radius 1 is 1.25 bits per heavy atom. The zero-order valence-electron chi connectivity index (χ0n) is 7.73. The molecule has 0 saturated heterocycles. The van der Waals surface area contributed by atoms with Crippen molar-refractivity contribution in [3.63, 3.8) is 0 Å². The highest BCUT2D eigenvalue weighted by Gasteiger charge is 2.36. The van der Waals surface area contributed by atoms with Crippen molar-refractivity contribution in [3.8, 4) is 0 Å². The van der Waals surface area contributed by atoms with Crippen LogP contribution in [0.4, 0.5) is 17.6 Å². The third kappa shape index (κ3) is 1.56. The number of halogens is 4. The summed E-state index contributed by atoms with van der Waals surface area (Å²) in [7, 11) is 0. The van der Waals surface area contributed by atoms with E-state index in [0.717, 1.165) is 18.2 Å². The lowest BCUT2D eigenvalue weighted by Gasteiger charge is -2.03. The second-order valence-electron chi connectivity index (χ2n) is 3.22. The summed E-state index contributed by atoms with van der Waals surface area (Å²) in [6.07, 6.45) is -4.55. The number of H-pyrrole nitrogens is 1. The first-order valence-corrected chi connectivity index (χ1v) is 4.27. The molecular weight excluding hydrogens is 226 g/mol. The predicted octanol–water partition coefficient (Wildman–Crippen LogP) is 3.14. The highest BCUT2D eigenvalue weighted by atomic mass is 19.4. The van der Waals surface area contributed by atoms with Crippen LogP contribution in [0, 0.1) is 5.82 Å². The number of benzene rings is 1. The van der Waals surface area contributed by atoms with Crippen LogP contribution in [0.1, 0.15) is 16.1 Å². The quantitative estimate of drug-likeness (QED) is 0.593. The molecule has 6 heteroatoms. The fraction of sp³-hybridized carbons (Fsp3) is 0.100. The van der Waals surface area contributed by atoms with Gasteiger partial charge in [0.1, 0.15) is 11.5 Å². The number of rotatable bonds is 1. The summed E-state index contributed by atoms with van der Waals surface area (Å²) in [6.45, 7) is 0. The van der Waals surface area contributed by atoms with Crippen molar-refractivity contribution < 1.29 is 22.4 Å². The molecule has 0 bridgehead atoms. The molecule has 0 aliphatic heterocycles. The highest BCUT2D eigenvalue weighted by molar-refractivity contribution is 5.99. The number of aromatic amines is 1. The first-order valence-electron chi connectivity index (χ1n) is 4.27. The zero-order chi connectivity index (χ0) is 11.9. The molecule has 2 rings (SSSR count). The molecule has 2 aromatic rings. The number of aldehydes is 1. The molecule has 1 aromatic heterocycles. The largest absolute Gasteiger partial charge is 0.431 e. The van der Waals surface area contributed by atoms with Gasteiger partial charge in [0.15, 0.2) is 6.29 Å². The molecule has 0 saturated carbocycles.